The summed E-state index contributed by atoms with van der Waals surface area (Å²) in [7, 11) is 1.82. The van der Waals surface area contributed by atoms with Gasteiger partial charge in [0, 0.05) is 46.3 Å². The Labute approximate surface area is 188 Å². The summed E-state index contributed by atoms with van der Waals surface area (Å²) in [6.45, 7) is 5.85. The first-order valence-electron chi connectivity index (χ1n) is 10.9. The van der Waals surface area contributed by atoms with Crippen molar-refractivity contribution < 1.29 is 9.53 Å². The van der Waals surface area contributed by atoms with Gasteiger partial charge in [-0.3, -0.25) is 14.7 Å². The number of rotatable bonds is 7. The number of likely N-dealkylation sites (tertiary alicyclic amines) is 1. The molecule has 2 unspecified atom stereocenters. The number of guanidine groups is 1. The molecule has 1 amide bonds. The molecule has 2 fully saturated rings. The zero-order chi connectivity index (χ0) is 21.5. The van der Waals surface area contributed by atoms with Gasteiger partial charge in [0.1, 0.15) is 0 Å². The normalized spacial score (nSPS) is 21.7. The van der Waals surface area contributed by atoms with Gasteiger partial charge in [-0.25, -0.2) is 0 Å². The van der Waals surface area contributed by atoms with E-state index in [1.807, 2.05) is 24.6 Å². The van der Waals surface area contributed by atoms with E-state index < -0.39 is 0 Å². The number of nitrogens with one attached hydrogen (secondary N) is 2. The van der Waals surface area contributed by atoms with E-state index in [2.05, 4.69) is 55.8 Å². The van der Waals surface area contributed by atoms with Crippen LogP contribution in [0.1, 0.15) is 21.7 Å². The van der Waals surface area contributed by atoms with Gasteiger partial charge in [-0.15, -0.1) is 11.3 Å². The predicted octanol–water partition coefficient (Wildman–Crippen LogP) is 2.03. The van der Waals surface area contributed by atoms with Crippen LogP contribution in [0.25, 0.3) is 0 Å². The lowest BCUT2D eigenvalue weighted by Crippen LogP contribution is -2.50. The Morgan fingerprint density at radius 3 is 2.77 bits per heavy atom. The highest BCUT2D eigenvalue weighted by molar-refractivity contribution is 7.12. The molecule has 166 valence electrons. The van der Waals surface area contributed by atoms with Gasteiger partial charge in [-0.05, 0) is 23.4 Å². The fourth-order valence-corrected chi connectivity index (χ4v) is 4.90. The number of carbonyl (C=O) groups excluding carboxylic acids is 1. The minimum Gasteiger partial charge on any atom is -0.373 e. The molecule has 1 aromatic carbocycles. The maximum Gasteiger partial charge on any atom is 0.261 e. The molecule has 2 saturated heterocycles. The molecule has 7 nitrogen and oxygen atoms in total. The van der Waals surface area contributed by atoms with Gasteiger partial charge in [-0.1, -0.05) is 36.4 Å². The molecule has 0 saturated carbocycles. The number of hydrogen-bond acceptors (Lipinski definition) is 5. The lowest BCUT2D eigenvalue weighted by molar-refractivity contribution is -0.0502. The Balaban J connectivity index is 1.23. The molecule has 2 atom stereocenters. The Bertz CT molecular complexity index is 858. The van der Waals surface area contributed by atoms with Crippen molar-refractivity contribution >= 4 is 23.2 Å². The zero-order valence-corrected chi connectivity index (χ0v) is 18.8. The van der Waals surface area contributed by atoms with Crippen LogP contribution in [0.2, 0.25) is 0 Å². The summed E-state index contributed by atoms with van der Waals surface area (Å²) in [5.74, 6) is 0.904. The first kappa shape index (κ1) is 21.8. The molecular formula is C23H31N5O2S. The van der Waals surface area contributed by atoms with Gasteiger partial charge in [0.05, 0.1) is 23.6 Å². The third-order valence-corrected chi connectivity index (χ3v) is 6.69. The summed E-state index contributed by atoms with van der Waals surface area (Å²) in [6, 6.07) is 14.7. The number of morpholine rings is 1. The van der Waals surface area contributed by atoms with Crippen LogP contribution in [-0.4, -0.2) is 80.2 Å². The average molecular weight is 442 g/mol. The molecule has 4 rings (SSSR count). The molecule has 31 heavy (non-hydrogen) atoms. The van der Waals surface area contributed by atoms with E-state index in [0.29, 0.717) is 12.6 Å². The van der Waals surface area contributed by atoms with Crippen LogP contribution >= 0.6 is 11.3 Å². The summed E-state index contributed by atoms with van der Waals surface area (Å²) in [5, 5.41) is 8.33. The fourth-order valence-electron chi connectivity index (χ4n) is 4.26. The van der Waals surface area contributed by atoms with Crippen LogP contribution in [0.3, 0.4) is 0 Å². The number of carbonyl (C=O) groups is 1. The van der Waals surface area contributed by atoms with E-state index in [-0.39, 0.29) is 12.0 Å². The number of nitrogens with zero attached hydrogens (tertiary/aromatic N) is 3. The van der Waals surface area contributed by atoms with Crippen molar-refractivity contribution in [3.05, 3.63) is 58.3 Å². The van der Waals surface area contributed by atoms with Crippen molar-refractivity contribution in [3.8, 4) is 0 Å². The summed E-state index contributed by atoms with van der Waals surface area (Å²) < 4.78 is 6.09. The third kappa shape index (κ3) is 5.64. The molecule has 2 aliphatic heterocycles. The van der Waals surface area contributed by atoms with Crippen molar-refractivity contribution in [2.75, 3.05) is 46.4 Å². The van der Waals surface area contributed by atoms with Gasteiger partial charge < -0.3 is 20.3 Å². The number of hydrogen-bond donors (Lipinski definition) is 2. The Kier molecular flexibility index (Phi) is 7.56. The minimum atomic E-state index is -0.00124. The summed E-state index contributed by atoms with van der Waals surface area (Å²) in [5.41, 5.74) is 1.34. The fraction of sp³-hybridized carbons (Fsp3) is 0.478. The van der Waals surface area contributed by atoms with Crippen molar-refractivity contribution in [3.63, 3.8) is 0 Å². The first-order valence-corrected chi connectivity index (χ1v) is 11.8. The highest BCUT2D eigenvalue weighted by atomic mass is 32.1. The quantitative estimate of drug-likeness (QED) is 0.391. The molecule has 0 aliphatic carbocycles. The lowest BCUT2D eigenvalue weighted by Gasteiger charge is -2.36. The Morgan fingerprint density at radius 2 is 2.00 bits per heavy atom. The van der Waals surface area contributed by atoms with Crippen LogP contribution in [0.4, 0.5) is 0 Å². The summed E-state index contributed by atoms with van der Waals surface area (Å²) in [6.07, 6.45) is 1.05. The molecule has 0 spiro atoms. The van der Waals surface area contributed by atoms with Crippen molar-refractivity contribution in [1.29, 1.82) is 0 Å². The second-order valence-corrected chi connectivity index (χ2v) is 8.85. The number of thiophene rings is 1. The molecule has 2 N–H and O–H groups in total. The smallest absolute Gasteiger partial charge is 0.261 e. The third-order valence-electron chi connectivity index (χ3n) is 5.82. The van der Waals surface area contributed by atoms with Crippen molar-refractivity contribution in [2.45, 2.75) is 25.1 Å². The lowest BCUT2D eigenvalue weighted by atomic mass is 10.1. The SMILES string of the molecule is CN=C(NCCCNC(=O)c1cccs1)N1CC2OCCN(Cc3ccccc3)C2C1. The molecule has 1 aromatic heterocycles. The van der Waals surface area contributed by atoms with Gasteiger partial charge in [0.15, 0.2) is 5.96 Å². The monoisotopic (exact) mass is 441 g/mol. The predicted molar refractivity (Wildman–Crippen MR) is 125 cm³/mol. The first-order chi connectivity index (χ1) is 15.2. The second-order valence-electron chi connectivity index (χ2n) is 7.90. The van der Waals surface area contributed by atoms with E-state index in [9.17, 15) is 4.79 Å². The molecule has 2 aliphatic rings. The van der Waals surface area contributed by atoms with E-state index in [0.717, 1.165) is 56.6 Å². The van der Waals surface area contributed by atoms with Crippen LogP contribution in [-0.2, 0) is 11.3 Å². The Morgan fingerprint density at radius 1 is 1.16 bits per heavy atom. The van der Waals surface area contributed by atoms with Gasteiger partial charge in [0.2, 0.25) is 0 Å². The number of benzene rings is 1. The molecule has 0 bridgehead atoms. The average Bonchev–Trinajstić information content (AvgIpc) is 3.47. The summed E-state index contributed by atoms with van der Waals surface area (Å²) in [4.78, 5) is 22.1. The molecule has 0 radical (unpaired) electrons. The van der Waals surface area contributed by atoms with E-state index in [1.54, 1.807) is 0 Å². The van der Waals surface area contributed by atoms with Gasteiger partial charge >= 0.3 is 0 Å². The molecular weight excluding hydrogens is 410 g/mol. The molecule has 8 heteroatoms. The number of amides is 1. The highest BCUT2D eigenvalue weighted by Gasteiger charge is 2.41. The van der Waals surface area contributed by atoms with Crippen molar-refractivity contribution in [2.24, 2.45) is 4.99 Å². The maximum atomic E-state index is 12.0. The van der Waals surface area contributed by atoms with Crippen LogP contribution in [0, 0.1) is 0 Å². The zero-order valence-electron chi connectivity index (χ0n) is 18.0. The van der Waals surface area contributed by atoms with E-state index >= 15 is 0 Å². The minimum absolute atomic E-state index is 0.00124. The highest BCUT2D eigenvalue weighted by Crippen LogP contribution is 2.24. The van der Waals surface area contributed by atoms with Gasteiger partial charge in [0.25, 0.3) is 5.91 Å². The van der Waals surface area contributed by atoms with Gasteiger partial charge in [-0.2, -0.15) is 0 Å². The number of fused-ring (bicyclic) bond motifs is 1. The molecule has 3 heterocycles. The maximum absolute atomic E-state index is 12.0. The standard InChI is InChI=1S/C23H31N5O2S/c1-24-23(26-11-6-10-25-22(29)21-9-5-14-31-21)28-16-19-20(17-28)30-13-12-27(19)15-18-7-3-2-4-8-18/h2-5,7-9,14,19-20H,6,10-13,15-17H2,1H3,(H,24,26)(H,25,29). The van der Waals surface area contributed by atoms with Crippen LogP contribution in [0.15, 0.2) is 52.8 Å². The number of aliphatic imine (C=N–C) groups is 1. The van der Waals surface area contributed by atoms with Crippen molar-refractivity contribution in [1.82, 2.24) is 20.4 Å². The van der Waals surface area contributed by atoms with E-state index in [1.165, 1.54) is 16.9 Å². The topological polar surface area (TPSA) is 69.2 Å². The van der Waals surface area contributed by atoms with Crippen LogP contribution < -0.4 is 10.6 Å². The second kappa shape index (κ2) is 10.7. The van der Waals surface area contributed by atoms with E-state index in [4.69, 9.17) is 4.74 Å². The number of ether oxygens (including phenoxy) is 1. The van der Waals surface area contributed by atoms with Crippen LogP contribution in [0.5, 0.6) is 0 Å². The largest absolute Gasteiger partial charge is 0.373 e. The Hall–Kier alpha value is -2.42. The summed E-state index contributed by atoms with van der Waals surface area (Å²) >= 11 is 1.46. The molecule has 2 aromatic rings.